The van der Waals surface area contributed by atoms with Crippen LogP contribution in [0.2, 0.25) is 0 Å². The monoisotopic (exact) mass is 214 g/mol. The minimum absolute atomic E-state index is 0.631. The number of ether oxygens (including phenoxy) is 1. The number of hydrogen-bond acceptors (Lipinski definition) is 3. The van der Waals surface area contributed by atoms with Crippen molar-refractivity contribution in [2.45, 2.75) is 39.3 Å². The Hall–Kier alpha value is -0.120. The molecule has 2 unspecified atom stereocenters. The lowest BCUT2D eigenvalue weighted by molar-refractivity contribution is 0.0149. The molecule has 0 aromatic carbocycles. The smallest absolute Gasteiger partial charge is 0.0521 e. The van der Waals surface area contributed by atoms with E-state index in [9.17, 15) is 0 Å². The average Bonchev–Trinajstić information content (AvgIpc) is 2.25. The van der Waals surface area contributed by atoms with Gasteiger partial charge in [-0.05, 0) is 33.9 Å². The zero-order valence-corrected chi connectivity index (χ0v) is 10.6. The molecule has 0 spiro atoms. The molecule has 0 saturated carbocycles. The summed E-state index contributed by atoms with van der Waals surface area (Å²) >= 11 is 0. The van der Waals surface area contributed by atoms with Gasteiger partial charge >= 0.3 is 0 Å². The summed E-state index contributed by atoms with van der Waals surface area (Å²) in [6.07, 6.45) is 1.15. The third-order valence-corrected chi connectivity index (χ3v) is 3.45. The van der Waals surface area contributed by atoms with E-state index in [0.717, 1.165) is 32.7 Å². The highest BCUT2D eigenvalue weighted by molar-refractivity contribution is 4.81. The molecule has 1 heterocycles. The first kappa shape index (κ1) is 12.9. The lowest BCUT2D eigenvalue weighted by Crippen LogP contribution is -2.48. The molecule has 0 amide bonds. The Kier molecular flexibility index (Phi) is 5.58. The first-order valence-electron chi connectivity index (χ1n) is 6.18. The molecule has 90 valence electrons. The minimum atomic E-state index is 0.631. The summed E-state index contributed by atoms with van der Waals surface area (Å²) in [6.45, 7) is 10.9. The zero-order chi connectivity index (χ0) is 11.3. The van der Waals surface area contributed by atoms with Gasteiger partial charge in [-0.15, -0.1) is 0 Å². The Morgan fingerprint density at radius 3 is 2.73 bits per heavy atom. The van der Waals surface area contributed by atoms with Crippen LogP contribution in [0.25, 0.3) is 0 Å². The zero-order valence-electron chi connectivity index (χ0n) is 10.6. The average molecular weight is 214 g/mol. The Labute approximate surface area is 94.2 Å². The Balaban J connectivity index is 2.46. The summed E-state index contributed by atoms with van der Waals surface area (Å²) in [4.78, 5) is 2.52. The lowest BCUT2D eigenvalue weighted by atomic mass is 9.95. The summed E-state index contributed by atoms with van der Waals surface area (Å²) in [6, 6.07) is 1.26. The van der Waals surface area contributed by atoms with E-state index < -0.39 is 0 Å². The van der Waals surface area contributed by atoms with E-state index in [1.54, 1.807) is 0 Å². The van der Waals surface area contributed by atoms with Crippen LogP contribution in [0, 0.1) is 5.92 Å². The van der Waals surface area contributed by atoms with Crippen LogP contribution in [0.5, 0.6) is 0 Å². The maximum atomic E-state index is 5.57. The van der Waals surface area contributed by atoms with Gasteiger partial charge in [0, 0.05) is 31.2 Å². The predicted molar refractivity (Wildman–Crippen MR) is 64.2 cm³/mol. The molecular weight excluding hydrogens is 188 g/mol. The molecule has 1 fully saturated rings. The van der Waals surface area contributed by atoms with Crippen LogP contribution in [-0.2, 0) is 4.74 Å². The topological polar surface area (TPSA) is 24.5 Å². The van der Waals surface area contributed by atoms with Gasteiger partial charge in [-0.3, -0.25) is 0 Å². The largest absolute Gasteiger partial charge is 0.381 e. The van der Waals surface area contributed by atoms with Gasteiger partial charge in [-0.25, -0.2) is 0 Å². The van der Waals surface area contributed by atoms with Gasteiger partial charge < -0.3 is 15.0 Å². The van der Waals surface area contributed by atoms with Crippen LogP contribution in [0.1, 0.15) is 27.2 Å². The Morgan fingerprint density at radius 1 is 1.47 bits per heavy atom. The fourth-order valence-corrected chi connectivity index (χ4v) is 2.36. The van der Waals surface area contributed by atoms with Crippen LogP contribution in [0.15, 0.2) is 0 Å². The van der Waals surface area contributed by atoms with Crippen molar-refractivity contribution >= 4 is 0 Å². The molecule has 1 aliphatic heterocycles. The fourth-order valence-electron chi connectivity index (χ4n) is 2.36. The second-order valence-electron chi connectivity index (χ2n) is 4.70. The van der Waals surface area contributed by atoms with Gasteiger partial charge in [-0.2, -0.15) is 0 Å². The second-order valence-corrected chi connectivity index (χ2v) is 4.70. The predicted octanol–water partition coefficient (Wildman–Crippen LogP) is 1.34. The minimum Gasteiger partial charge on any atom is -0.381 e. The van der Waals surface area contributed by atoms with Crippen molar-refractivity contribution in [3.8, 4) is 0 Å². The van der Waals surface area contributed by atoms with Crippen LogP contribution < -0.4 is 5.32 Å². The molecule has 0 aromatic heterocycles. The van der Waals surface area contributed by atoms with Gasteiger partial charge in [0.2, 0.25) is 0 Å². The lowest BCUT2D eigenvalue weighted by Gasteiger charge is -2.36. The van der Waals surface area contributed by atoms with Crippen molar-refractivity contribution in [3.05, 3.63) is 0 Å². The van der Waals surface area contributed by atoms with E-state index in [1.165, 1.54) is 0 Å². The molecule has 1 aliphatic rings. The number of nitrogens with zero attached hydrogens (tertiary/aromatic N) is 1. The van der Waals surface area contributed by atoms with Crippen molar-refractivity contribution in [1.29, 1.82) is 0 Å². The number of rotatable bonds is 5. The first-order chi connectivity index (χ1) is 7.19. The van der Waals surface area contributed by atoms with Gasteiger partial charge in [0.15, 0.2) is 0 Å². The van der Waals surface area contributed by atoms with Gasteiger partial charge in [-0.1, -0.05) is 6.92 Å². The van der Waals surface area contributed by atoms with E-state index in [2.05, 4.69) is 38.0 Å². The molecule has 1 rings (SSSR count). The molecular formula is C12H26N2O. The summed E-state index contributed by atoms with van der Waals surface area (Å²) in [5.74, 6) is 0.645. The van der Waals surface area contributed by atoms with Crippen molar-refractivity contribution in [1.82, 2.24) is 10.2 Å². The van der Waals surface area contributed by atoms with Crippen LogP contribution in [0.4, 0.5) is 0 Å². The van der Waals surface area contributed by atoms with E-state index in [-0.39, 0.29) is 0 Å². The van der Waals surface area contributed by atoms with E-state index in [1.807, 2.05) is 0 Å². The number of nitrogens with one attached hydrogen (secondary N) is 1. The molecule has 0 bridgehead atoms. The molecule has 0 radical (unpaired) electrons. The highest BCUT2D eigenvalue weighted by atomic mass is 16.5. The van der Waals surface area contributed by atoms with Gasteiger partial charge in [0.05, 0.1) is 6.61 Å². The highest BCUT2D eigenvalue weighted by Gasteiger charge is 2.26. The van der Waals surface area contributed by atoms with E-state index in [0.29, 0.717) is 18.0 Å². The molecule has 0 aromatic rings. The van der Waals surface area contributed by atoms with Crippen molar-refractivity contribution in [2.75, 3.05) is 33.4 Å². The molecule has 3 heteroatoms. The molecule has 2 atom stereocenters. The fraction of sp³-hybridized carbons (Fsp3) is 1.00. The standard InChI is InChI=1S/C12H26N2O/c1-5-14(10(2)3)8-11-9-15-7-6-12(11)13-4/h10-13H,5-9H2,1-4H3. The van der Waals surface area contributed by atoms with Crippen molar-refractivity contribution in [3.63, 3.8) is 0 Å². The quantitative estimate of drug-likeness (QED) is 0.747. The van der Waals surface area contributed by atoms with Crippen molar-refractivity contribution in [2.24, 2.45) is 5.92 Å². The summed E-state index contributed by atoms with van der Waals surface area (Å²) in [5.41, 5.74) is 0. The van der Waals surface area contributed by atoms with Crippen molar-refractivity contribution < 1.29 is 4.74 Å². The molecule has 1 N–H and O–H groups in total. The third kappa shape index (κ3) is 3.74. The normalized spacial score (nSPS) is 27.6. The number of hydrogen-bond donors (Lipinski definition) is 1. The maximum absolute atomic E-state index is 5.57. The van der Waals surface area contributed by atoms with Crippen LogP contribution >= 0.6 is 0 Å². The SMILES string of the molecule is CCN(CC1COCCC1NC)C(C)C. The van der Waals surface area contributed by atoms with E-state index in [4.69, 9.17) is 4.74 Å². The highest BCUT2D eigenvalue weighted by Crippen LogP contribution is 2.16. The van der Waals surface area contributed by atoms with Crippen LogP contribution in [0.3, 0.4) is 0 Å². The Bertz CT molecular complexity index is 173. The molecule has 3 nitrogen and oxygen atoms in total. The molecule has 0 aliphatic carbocycles. The molecule has 15 heavy (non-hydrogen) atoms. The van der Waals surface area contributed by atoms with Gasteiger partial charge in [0.25, 0.3) is 0 Å². The van der Waals surface area contributed by atoms with E-state index >= 15 is 0 Å². The maximum Gasteiger partial charge on any atom is 0.0521 e. The summed E-state index contributed by atoms with van der Waals surface area (Å²) < 4.78 is 5.57. The molecule has 1 saturated heterocycles. The first-order valence-corrected chi connectivity index (χ1v) is 6.18. The summed E-state index contributed by atoms with van der Waals surface area (Å²) in [7, 11) is 2.06. The second kappa shape index (κ2) is 6.46. The third-order valence-electron chi connectivity index (χ3n) is 3.45. The van der Waals surface area contributed by atoms with Gasteiger partial charge in [0.1, 0.15) is 0 Å². The summed E-state index contributed by atoms with van der Waals surface area (Å²) in [5, 5.41) is 3.42. The Morgan fingerprint density at radius 2 is 2.20 bits per heavy atom. The van der Waals surface area contributed by atoms with Crippen LogP contribution in [-0.4, -0.2) is 50.3 Å².